The smallest absolute Gasteiger partial charge is 0.264 e. The molecule has 4 nitrogen and oxygen atoms in total. The molecule has 0 N–H and O–H groups in total. The number of halogens is 1. The summed E-state index contributed by atoms with van der Waals surface area (Å²) >= 11 is 6.16. The zero-order valence-electron chi connectivity index (χ0n) is 13.2. The van der Waals surface area contributed by atoms with Crippen LogP contribution < -0.4 is 0 Å². The Morgan fingerprint density at radius 2 is 1.92 bits per heavy atom. The van der Waals surface area contributed by atoms with Crippen molar-refractivity contribution in [2.45, 2.75) is 19.3 Å². The molecule has 1 aromatic heterocycles. The largest absolute Gasteiger partial charge is 0.457 e. The monoisotopic (exact) mass is 340 g/mol. The van der Waals surface area contributed by atoms with E-state index in [1.165, 1.54) is 6.08 Å². The van der Waals surface area contributed by atoms with Crippen LogP contribution in [-0.4, -0.2) is 23.9 Å². The number of nitriles is 1. The molecule has 0 aliphatic carbocycles. The Kier molecular flexibility index (Phi) is 5.02. The van der Waals surface area contributed by atoms with Gasteiger partial charge in [-0.1, -0.05) is 23.7 Å². The van der Waals surface area contributed by atoms with Crippen LogP contribution in [0.25, 0.3) is 17.4 Å². The van der Waals surface area contributed by atoms with Crippen LogP contribution in [-0.2, 0) is 4.79 Å². The number of rotatable bonds is 3. The zero-order chi connectivity index (χ0) is 16.9. The molecule has 1 aromatic carbocycles. The number of carbonyl (C=O) groups is 1. The van der Waals surface area contributed by atoms with Gasteiger partial charge in [0.25, 0.3) is 5.91 Å². The molecule has 0 spiro atoms. The van der Waals surface area contributed by atoms with E-state index in [4.69, 9.17) is 16.0 Å². The summed E-state index contributed by atoms with van der Waals surface area (Å²) in [5, 5.41) is 9.92. The van der Waals surface area contributed by atoms with Crippen molar-refractivity contribution in [1.29, 1.82) is 5.26 Å². The van der Waals surface area contributed by atoms with E-state index < -0.39 is 0 Å². The minimum atomic E-state index is -0.229. The van der Waals surface area contributed by atoms with E-state index in [0.717, 1.165) is 24.8 Å². The first-order valence-corrected chi connectivity index (χ1v) is 8.32. The maximum Gasteiger partial charge on any atom is 0.264 e. The lowest BCUT2D eigenvalue weighted by atomic mass is 10.1. The molecule has 0 radical (unpaired) electrons. The van der Waals surface area contributed by atoms with Gasteiger partial charge in [-0.05, 0) is 43.5 Å². The topological polar surface area (TPSA) is 57.2 Å². The first kappa shape index (κ1) is 16.4. The van der Waals surface area contributed by atoms with Crippen molar-refractivity contribution in [2.75, 3.05) is 13.1 Å². The van der Waals surface area contributed by atoms with Crippen LogP contribution in [0, 0.1) is 11.3 Å². The van der Waals surface area contributed by atoms with Crippen molar-refractivity contribution in [2.24, 2.45) is 0 Å². The Bertz CT molecular complexity index is 811. The van der Waals surface area contributed by atoms with Gasteiger partial charge in [0.1, 0.15) is 23.2 Å². The first-order chi connectivity index (χ1) is 11.7. The quantitative estimate of drug-likeness (QED) is 0.609. The highest BCUT2D eigenvalue weighted by molar-refractivity contribution is 6.33. The highest BCUT2D eigenvalue weighted by Crippen LogP contribution is 2.29. The van der Waals surface area contributed by atoms with E-state index in [1.54, 1.807) is 23.1 Å². The van der Waals surface area contributed by atoms with Crippen LogP contribution in [0.3, 0.4) is 0 Å². The number of piperidine rings is 1. The molecule has 2 aromatic rings. The van der Waals surface area contributed by atoms with E-state index >= 15 is 0 Å². The van der Waals surface area contributed by atoms with Gasteiger partial charge in [0.15, 0.2) is 0 Å². The molecular weight excluding hydrogens is 324 g/mol. The average Bonchev–Trinajstić information content (AvgIpc) is 3.08. The van der Waals surface area contributed by atoms with Crippen LogP contribution >= 0.6 is 11.6 Å². The summed E-state index contributed by atoms with van der Waals surface area (Å²) in [5.74, 6) is 0.842. The molecule has 5 heteroatoms. The van der Waals surface area contributed by atoms with Crippen LogP contribution in [0.15, 0.2) is 46.4 Å². The number of benzene rings is 1. The van der Waals surface area contributed by atoms with Gasteiger partial charge < -0.3 is 9.32 Å². The third-order valence-electron chi connectivity index (χ3n) is 4.05. The maximum absolute atomic E-state index is 12.4. The van der Waals surface area contributed by atoms with Crippen molar-refractivity contribution in [3.63, 3.8) is 0 Å². The predicted octanol–water partition coefficient (Wildman–Crippen LogP) is 4.52. The lowest BCUT2D eigenvalue weighted by Crippen LogP contribution is -2.36. The number of nitrogens with zero attached hydrogens (tertiary/aromatic N) is 2. The highest BCUT2D eigenvalue weighted by Gasteiger charge is 2.20. The summed E-state index contributed by atoms with van der Waals surface area (Å²) in [5.41, 5.74) is 0.872. The van der Waals surface area contributed by atoms with Gasteiger partial charge in [0.2, 0.25) is 0 Å². The van der Waals surface area contributed by atoms with Crippen LogP contribution in [0.1, 0.15) is 25.0 Å². The van der Waals surface area contributed by atoms with E-state index in [1.807, 2.05) is 24.3 Å². The number of likely N-dealkylation sites (tertiary alicyclic amines) is 1. The summed E-state index contributed by atoms with van der Waals surface area (Å²) in [6, 6.07) is 12.9. The molecule has 1 aliphatic rings. The van der Waals surface area contributed by atoms with Gasteiger partial charge in [-0.2, -0.15) is 5.26 Å². The molecule has 1 aliphatic heterocycles. The molecule has 0 atom stereocenters. The van der Waals surface area contributed by atoms with Gasteiger partial charge in [-0.15, -0.1) is 0 Å². The molecule has 3 rings (SSSR count). The number of carbonyl (C=O) groups excluding carboxylic acids is 1. The van der Waals surface area contributed by atoms with Gasteiger partial charge in [-0.25, -0.2) is 0 Å². The van der Waals surface area contributed by atoms with Crippen molar-refractivity contribution in [1.82, 2.24) is 4.90 Å². The van der Waals surface area contributed by atoms with Gasteiger partial charge in [0, 0.05) is 24.7 Å². The van der Waals surface area contributed by atoms with E-state index in [-0.39, 0.29) is 11.5 Å². The van der Waals surface area contributed by atoms with E-state index in [0.29, 0.717) is 29.6 Å². The Hall–Kier alpha value is -2.51. The summed E-state index contributed by atoms with van der Waals surface area (Å²) in [6.45, 7) is 1.42. The van der Waals surface area contributed by atoms with Gasteiger partial charge in [0.05, 0.1) is 5.02 Å². The first-order valence-electron chi connectivity index (χ1n) is 7.95. The van der Waals surface area contributed by atoms with Crippen LogP contribution in [0.2, 0.25) is 5.02 Å². The van der Waals surface area contributed by atoms with Crippen molar-refractivity contribution in [3.05, 3.63) is 52.8 Å². The second kappa shape index (κ2) is 7.37. The molecule has 0 bridgehead atoms. The van der Waals surface area contributed by atoms with Crippen molar-refractivity contribution < 1.29 is 9.21 Å². The second-order valence-electron chi connectivity index (χ2n) is 5.70. The molecule has 24 heavy (non-hydrogen) atoms. The minimum Gasteiger partial charge on any atom is -0.457 e. The Morgan fingerprint density at radius 3 is 2.62 bits per heavy atom. The summed E-state index contributed by atoms with van der Waals surface area (Å²) < 4.78 is 5.74. The standard InChI is InChI=1S/C19H17ClN2O2/c20-17-7-3-2-6-16(17)18-9-8-15(24-18)12-14(13-21)19(23)22-10-4-1-5-11-22/h2-3,6-9,12H,1,4-5,10-11H2/b14-12-. The molecule has 122 valence electrons. The number of hydrogen-bond donors (Lipinski definition) is 0. The average molecular weight is 341 g/mol. The van der Waals surface area contributed by atoms with Crippen molar-refractivity contribution >= 4 is 23.6 Å². The molecule has 0 saturated carbocycles. The summed E-state index contributed by atoms with van der Waals surface area (Å²) in [4.78, 5) is 14.2. The lowest BCUT2D eigenvalue weighted by Gasteiger charge is -2.26. The Labute approximate surface area is 145 Å². The summed E-state index contributed by atoms with van der Waals surface area (Å²) in [7, 11) is 0. The third kappa shape index (κ3) is 3.52. The van der Waals surface area contributed by atoms with Crippen molar-refractivity contribution in [3.8, 4) is 17.4 Å². The number of furan rings is 1. The number of amides is 1. The fourth-order valence-electron chi connectivity index (χ4n) is 2.79. The van der Waals surface area contributed by atoms with Gasteiger partial charge in [-0.3, -0.25) is 4.79 Å². The normalized spacial score (nSPS) is 15.2. The number of hydrogen-bond acceptors (Lipinski definition) is 3. The fourth-order valence-corrected chi connectivity index (χ4v) is 3.02. The molecule has 0 unspecified atom stereocenters. The molecule has 1 fully saturated rings. The molecule has 2 heterocycles. The maximum atomic E-state index is 12.4. The zero-order valence-corrected chi connectivity index (χ0v) is 13.9. The SMILES string of the molecule is N#C/C(=C/c1ccc(-c2ccccc2Cl)o1)C(=O)N1CCCCC1. The fraction of sp³-hybridized carbons (Fsp3) is 0.263. The predicted molar refractivity (Wildman–Crippen MR) is 93.2 cm³/mol. The molecular formula is C19H17ClN2O2. The Balaban J connectivity index is 1.83. The van der Waals surface area contributed by atoms with E-state index in [2.05, 4.69) is 0 Å². The van der Waals surface area contributed by atoms with Crippen LogP contribution in [0.5, 0.6) is 0 Å². The Morgan fingerprint density at radius 1 is 1.17 bits per heavy atom. The molecule has 1 saturated heterocycles. The van der Waals surface area contributed by atoms with Crippen LogP contribution in [0.4, 0.5) is 0 Å². The lowest BCUT2D eigenvalue weighted by molar-refractivity contribution is -0.127. The molecule has 1 amide bonds. The highest BCUT2D eigenvalue weighted by atomic mass is 35.5. The summed E-state index contributed by atoms with van der Waals surface area (Å²) in [6.07, 6.45) is 4.61. The van der Waals surface area contributed by atoms with E-state index in [9.17, 15) is 10.1 Å². The van der Waals surface area contributed by atoms with Gasteiger partial charge >= 0.3 is 0 Å². The minimum absolute atomic E-state index is 0.0944. The second-order valence-corrected chi connectivity index (χ2v) is 6.11. The third-order valence-corrected chi connectivity index (χ3v) is 4.38.